The van der Waals surface area contributed by atoms with Gasteiger partial charge in [0.1, 0.15) is 24.3 Å². The number of rotatable bonds is 7. The predicted molar refractivity (Wildman–Crippen MR) is 109 cm³/mol. The number of ether oxygens (including phenoxy) is 2. The van der Waals surface area contributed by atoms with Crippen LogP contribution in [-0.4, -0.2) is 42.3 Å². The molecule has 3 rings (SSSR count). The van der Waals surface area contributed by atoms with Crippen LogP contribution in [0.2, 0.25) is 0 Å². The van der Waals surface area contributed by atoms with Gasteiger partial charge in [0.2, 0.25) is 0 Å². The largest absolute Gasteiger partial charge is 0.489 e. The van der Waals surface area contributed by atoms with E-state index in [-0.39, 0.29) is 17.9 Å². The Hall–Kier alpha value is -2.67. The lowest BCUT2D eigenvalue weighted by atomic mass is 10.2. The molecule has 0 aliphatic carbocycles. The second-order valence-electron chi connectivity index (χ2n) is 6.22. The standard InChI is InChI=1S/C21H24N2O4S/c1-2-26-19(24)14-22-21(25)23-12-13-28-20(23)17-8-10-18(11-9-17)27-15-16-6-4-3-5-7-16/h3-11,20H,2,12-15H2,1H3,(H,22,25)/t20-/m1/s1. The van der Waals surface area contributed by atoms with Crippen LogP contribution in [0.4, 0.5) is 4.79 Å². The topological polar surface area (TPSA) is 67.9 Å². The Balaban J connectivity index is 1.56. The molecule has 28 heavy (non-hydrogen) atoms. The molecule has 2 aromatic carbocycles. The van der Waals surface area contributed by atoms with Crippen LogP contribution < -0.4 is 10.1 Å². The zero-order valence-corrected chi connectivity index (χ0v) is 16.6. The van der Waals surface area contributed by atoms with Crippen LogP contribution in [0.25, 0.3) is 0 Å². The number of hydrogen-bond donors (Lipinski definition) is 1. The molecule has 0 radical (unpaired) electrons. The molecular weight excluding hydrogens is 376 g/mol. The van der Waals surface area contributed by atoms with Crippen molar-refractivity contribution in [1.29, 1.82) is 0 Å². The molecule has 0 saturated carbocycles. The average molecular weight is 401 g/mol. The highest BCUT2D eigenvalue weighted by Gasteiger charge is 2.30. The van der Waals surface area contributed by atoms with E-state index in [9.17, 15) is 9.59 Å². The molecule has 1 aliphatic heterocycles. The van der Waals surface area contributed by atoms with E-state index in [2.05, 4.69) is 5.32 Å². The Bertz CT molecular complexity index is 783. The van der Waals surface area contributed by atoms with Gasteiger partial charge in [-0.15, -0.1) is 11.8 Å². The first-order valence-electron chi connectivity index (χ1n) is 9.25. The molecular formula is C21H24N2O4S. The number of benzene rings is 2. The fourth-order valence-corrected chi connectivity index (χ4v) is 4.14. The Morgan fingerprint density at radius 3 is 2.61 bits per heavy atom. The van der Waals surface area contributed by atoms with Crippen LogP contribution in [0.1, 0.15) is 23.4 Å². The summed E-state index contributed by atoms with van der Waals surface area (Å²) >= 11 is 1.70. The molecule has 0 aromatic heterocycles. The number of amides is 2. The van der Waals surface area contributed by atoms with Crippen molar-refractivity contribution in [3.05, 3.63) is 65.7 Å². The molecule has 1 fully saturated rings. The van der Waals surface area contributed by atoms with Crippen LogP contribution in [0.15, 0.2) is 54.6 Å². The SMILES string of the molecule is CCOC(=O)CNC(=O)N1CCS[C@@H]1c1ccc(OCc2ccccc2)cc1. The van der Waals surface area contributed by atoms with Crippen molar-refractivity contribution >= 4 is 23.8 Å². The van der Waals surface area contributed by atoms with E-state index in [1.54, 1.807) is 23.6 Å². The second-order valence-corrected chi connectivity index (χ2v) is 7.41. The Labute approximate surface area is 169 Å². The minimum atomic E-state index is -0.431. The van der Waals surface area contributed by atoms with Crippen LogP contribution in [0, 0.1) is 0 Å². The quantitative estimate of drug-likeness (QED) is 0.720. The van der Waals surface area contributed by atoms with E-state index >= 15 is 0 Å². The highest BCUT2D eigenvalue weighted by Crippen LogP contribution is 2.38. The van der Waals surface area contributed by atoms with Gasteiger partial charge in [-0.1, -0.05) is 42.5 Å². The predicted octanol–water partition coefficient (Wildman–Crippen LogP) is 3.59. The van der Waals surface area contributed by atoms with Gasteiger partial charge < -0.3 is 19.7 Å². The molecule has 0 unspecified atom stereocenters. The minimum Gasteiger partial charge on any atom is -0.489 e. The molecule has 6 nitrogen and oxygen atoms in total. The Kier molecular flexibility index (Phi) is 7.19. The summed E-state index contributed by atoms with van der Waals surface area (Å²) < 4.78 is 10.7. The maximum atomic E-state index is 12.4. The van der Waals surface area contributed by atoms with Crippen LogP contribution in [0.5, 0.6) is 5.75 Å². The lowest BCUT2D eigenvalue weighted by Gasteiger charge is -2.24. The van der Waals surface area contributed by atoms with Crippen molar-refractivity contribution in [3.8, 4) is 5.75 Å². The third-order valence-corrected chi connectivity index (χ3v) is 5.52. The van der Waals surface area contributed by atoms with Crippen molar-refractivity contribution in [2.45, 2.75) is 18.9 Å². The monoisotopic (exact) mass is 400 g/mol. The summed E-state index contributed by atoms with van der Waals surface area (Å²) in [6.45, 7) is 3.07. The number of hydrogen-bond acceptors (Lipinski definition) is 5. The smallest absolute Gasteiger partial charge is 0.325 e. The first-order valence-corrected chi connectivity index (χ1v) is 10.3. The molecule has 1 aliphatic rings. The number of carbonyl (C=O) groups is 2. The molecule has 7 heteroatoms. The molecule has 1 atom stereocenters. The third kappa shape index (κ3) is 5.42. The van der Waals surface area contributed by atoms with Gasteiger partial charge in [-0.05, 0) is 30.2 Å². The first kappa shape index (κ1) is 20.1. The van der Waals surface area contributed by atoms with Crippen molar-refractivity contribution in [3.63, 3.8) is 0 Å². The summed E-state index contributed by atoms with van der Waals surface area (Å²) in [5.74, 6) is 1.21. The molecule has 1 N–H and O–H groups in total. The fraction of sp³-hybridized carbons (Fsp3) is 0.333. The molecule has 1 saturated heterocycles. The van der Waals surface area contributed by atoms with Crippen molar-refractivity contribution in [2.75, 3.05) is 25.4 Å². The molecule has 2 aromatic rings. The molecule has 1 heterocycles. The van der Waals surface area contributed by atoms with Gasteiger partial charge in [0.05, 0.1) is 6.61 Å². The molecule has 0 spiro atoms. The van der Waals surface area contributed by atoms with Crippen LogP contribution in [-0.2, 0) is 16.1 Å². The highest BCUT2D eigenvalue weighted by molar-refractivity contribution is 7.99. The third-order valence-electron chi connectivity index (χ3n) is 4.25. The lowest BCUT2D eigenvalue weighted by Crippen LogP contribution is -2.41. The number of thioether (sulfide) groups is 1. The minimum absolute atomic E-state index is 0.0784. The summed E-state index contributed by atoms with van der Waals surface area (Å²) in [7, 11) is 0. The summed E-state index contributed by atoms with van der Waals surface area (Å²) in [5.41, 5.74) is 2.14. The summed E-state index contributed by atoms with van der Waals surface area (Å²) in [4.78, 5) is 25.6. The highest BCUT2D eigenvalue weighted by atomic mass is 32.2. The van der Waals surface area contributed by atoms with Crippen molar-refractivity contribution < 1.29 is 19.1 Å². The first-order chi connectivity index (χ1) is 13.7. The Morgan fingerprint density at radius 2 is 1.89 bits per heavy atom. The molecule has 148 valence electrons. The summed E-state index contributed by atoms with van der Waals surface area (Å²) in [6, 6.07) is 17.6. The average Bonchev–Trinajstić information content (AvgIpc) is 3.22. The number of urea groups is 1. The zero-order valence-electron chi connectivity index (χ0n) is 15.8. The van der Waals surface area contributed by atoms with Crippen LogP contribution in [0.3, 0.4) is 0 Å². The Morgan fingerprint density at radius 1 is 1.14 bits per heavy atom. The fourth-order valence-electron chi connectivity index (χ4n) is 2.89. The van der Waals surface area contributed by atoms with E-state index in [4.69, 9.17) is 9.47 Å². The van der Waals surface area contributed by atoms with Gasteiger partial charge in [0, 0.05) is 12.3 Å². The maximum Gasteiger partial charge on any atom is 0.325 e. The van der Waals surface area contributed by atoms with Gasteiger partial charge in [0.25, 0.3) is 0 Å². The lowest BCUT2D eigenvalue weighted by molar-refractivity contribution is -0.141. The second kappa shape index (κ2) is 10.0. The molecule has 0 bridgehead atoms. The van der Waals surface area contributed by atoms with Crippen molar-refractivity contribution in [1.82, 2.24) is 10.2 Å². The van der Waals surface area contributed by atoms with Gasteiger partial charge >= 0.3 is 12.0 Å². The molecule has 2 amide bonds. The van der Waals surface area contributed by atoms with E-state index < -0.39 is 5.97 Å². The van der Waals surface area contributed by atoms with Gasteiger partial charge in [-0.3, -0.25) is 4.79 Å². The maximum absolute atomic E-state index is 12.4. The summed E-state index contributed by atoms with van der Waals surface area (Å²) in [6.07, 6.45) is 0. The number of nitrogens with zero attached hydrogens (tertiary/aromatic N) is 1. The number of esters is 1. The zero-order chi connectivity index (χ0) is 19.8. The number of carbonyl (C=O) groups excluding carboxylic acids is 2. The van der Waals surface area contributed by atoms with Crippen molar-refractivity contribution in [2.24, 2.45) is 0 Å². The normalized spacial score (nSPS) is 15.9. The van der Waals surface area contributed by atoms with Crippen LogP contribution >= 0.6 is 11.8 Å². The summed E-state index contributed by atoms with van der Waals surface area (Å²) in [5, 5.41) is 2.55. The van der Waals surface area contributed by atoms with E-state index in [1.165, 1.54) is 0 Å². The van der Waals surface area contributed by atoms with Gasteiger partial charge in [0.15, 0.2) is 0 Å². The number of nitrogens with one attached hydrogen (secondary N) is 1. The van der Waals surface area contributed by atoms with Gasteiger partial charge in [-0.2, -0.15) is 0 Å². The van der Waals surface area contributed by atoms with Gasteiger partial charge in [-0.25, -0.2) is 4.79 Å². The van der Waals surface area contributed by atoms with E-state index in [0.717, 1.165) is 22.6 Å². The van der Waals surface area contributed by atoms with E-state index in [1.807, 2.05) is 54.6 Å². The van der Waals surface area contributed by atoms with E-state index in [0.29, 0.717) is 19.8 Å².